The first kappa shape index (κ1) is 17.6. The zero-order chi connectivity index (χ0) is 17.9. The molecule has 1 aliphatic rings. The number of aryl methyl sites for hydroxylation is 1. The van der Waals surface area contributed by atoms with Crippen LogP contribution in [0.2, 0.25) is 0 Å². The number of para-hydroxylation sites is 1. The molecule has 0 bridgehead atoms. The first-order valence-electron chi connectivity index (χ1n) is 9.02. The monoisotopic (exact) mass is 382 g/mol. The summed E-state index contributed by atoms with van der Waals surface area (Å²) >= 11 is 3.45. The van der Waals surface area contributed by atoms with E-state index in [0.717, 1.165) is 31.4 Å². The quantitative estimate of drug-likeness (QED) is 0.588. The van der Waals surface area contributed by atoms with Crippen molar-refractivity contribution < 1.29 is 4.79 Å². The van der Waals surface area contributed by atoms with Gasteiger partial charge < -0.3 is 4.90 Å². The lowest BCUT2D eigenvalue weighted by Gasteiger charge is -2.31. The van der Waals surface area contributed by atoms with Crippen molar-refractivity contribution in [3.05, 3.63) is 59.1 Å². The van der Waals surface area contributed by atoms with Gasteiger partial charge in [-0.05, 0) is 43.5 Å². The fourth-order valence-corrected chi connectivity index (χ4v) is 5.46. The van der Waals surface area contributed by atoms with E-state index in [9.17, 15) is 4.79 Å². The Balaban J connectivity index is 1.33. The Hall–Kier alpha value is -1.85. The molecule has 1 aromatic heterocycles. The second-order valence-electron chi connectivity index (χ2n) is 6.73. The molecule has 2 aromatic carbocycles. The van der Waals surface area contributed by atoms with Gasteiger partial charge in [0.2, 0.25) is 5.91 Å². The average Bonchev–Trinajstić information content (AvgIpc) is 3.11. The third kappa shape index (κ3) is 3.79. The molecule has 0 aliphatic carbocycles. The molecule has 1 saturated heterocycles. The molecule has 0 unspecified atom stereocenters. The van der Waals surface area contributed by atoms with Crippen LogP contribution in [-0.2, 0) is 4.79 Å². The molecule has 0 N–H and O–H groups in total. The van der Waals surface area contributed by atoms with Crippen LogP contribution in [0.5, 0.6) is 0 Å². The molecule has 2 heterocycles. The summed E-state index contributed by atoms with van der Waals surface area (Å²) in [5.74, 6) is 1.26. The lowest BCUT2D eigenvalue weighted by atomic mass is 9.97. The van der Waals surface area contributed by atoms with Crippen LogP contribution in [0.1, 0.15) is 29.3 Å². The van der Waals surface area contributed by atoms with E-state index in [4.69, 9.17) is 4.98 Å². The molecule has 1 fully saturated rings. The van der Waals surface area contributed by atoms with E-state index in [0.29, 0.717) is 11.7 Å². The Morgan fingerprint density at radius 1 is 1.15 bits per heavy atom. The van der Waals surface area contributed by atoms with Crippen molar-refractivity contribution in [1.29, 1.82) is 0 Å². The molecule has 3 aromatic rings. The van der Waals surface area contributed by atoms with Crippen molar-refractivity contribution in [2.24, 2.45) is 0 Å². The minimum atomic E-state index is 0.251. The summed E-state index contributed by atoms with van der Waals surface area (Å²) in [7, 11) is 0. The van der Waals surface area contributed by atoms with Crippen LogP contribution in [0.15, 0.2) is 53.4 Å². The van der Waals surface area contributed by atoms with Gasteiger partial charge in [0.1, 0.15) is 0 Å². The van der Waals surface area contributed by atoms with Crippen molar-refractivity contribution in [2.75, 3.05) is 18.8 Å². The highest BCUT2D eigenvalue weighted by atomic mass is 32.2. The van der Waals surface area contributed by atoms with Crippen LogP contribution < -0.4 is 0 Å². The molecule has 1 amide bonds. The van der Waals surface area contributed by atoms with Gasteiger partial charge in [0.25, 0.3) is 0 Å². The third-order valence-corrected chi connectivity index (χ3v) is 7.31. The first-order valence-corrected chi connectivity index (χ1v) is 10.8. The average molecular weight is 383 g/mol. The van der Waals surface area contributed by atoms with Gasteiger partial charge in [0.15, 0.2) is 0 Å². The fourth-order valence-electron chi connectivity index (χ4n) is 3.39. The molecule has 0 atom stereocenters. The summed E-state index contributed by atoms with van der Waals surface area (Å²) < 4.78 is 1.26. The minimum absolute atomic E-state index is 0.251. The summed E-state index contributed by atoms with van der Waals surface area (Å²) in [6.45, 7) is 3.78. The number of hydrogen-bond acceptors (Lipinski definition) is 4. The van der Waals surface area contributed by atoms with Gasteiger partial charge in [-0.1, -0.05) is 30.3 Å². The number of thioether (sulfide) groups is 1. The summed E-state index contributed by atoms with van der Waals surface area (Å²) in [5.41, 5.74) is 2.33. The second kappa shape index (κ2) is 7.80. The summed E-state index contributed by atoms with van der Waals surface area (Å²) in [4.78, 5) is 20.6. The van der Waals surface area contributed by atoms with Gasteiger partial charge in [-0.3, -0.25) is 4.79 Å². The molecule has 0 spiro atoms. The van der Waals surface area contributed by atoms with E-state index >= 15 is 0 Å². The number of hydrogen-bond donors (Lipinski definition) is 0. The van der Waals surface area contributed by atoms with E-state index < -0.39 is 0 Å². The zero-order valence-corrected chi connectivity index (χ0v) is 16.5. The van der Waals surface area contributed by atoms with E-state index in [1.54, 1.807) is 23.1 Å². The van der Waals surface area contributed by atoms with Crippen molar-refractivity contribution in [2.45, 2.75) is 30.6 Å². The highest BCUT2D eigenvalue weighted by molar-refractivity contribution is 8.00. The highest BCUT2D eigenvalue weighted by Gasteiger charge is 2.25. The van der Waals surface area contributed by atoms with Crippen LogP contribution in [-0.4, -0.2) is 34.6 Å². The van der Waals surface area contributed by atoms with Crippen LogP contribution >= 0.6 is 23.1 Å². The zero-order valence-electron chi connectivity index (χ0n) is 14.9. The number of benzene rings is 2. The number of likely N-dealkylation sites (tertiary alicyclic amines) is 1. The van der Waals surface area contributed by atoms with Crippen molar-refractivity contribution in [1.82, 2.24) is 9.88 Å². The van der Waals surface area contributed by atoms with Crippen LogP contribution in [0, 0.1) is 6.92 Å². The maximum Gasteiger partial charge on any atom is 0.232 e. The molecule has 3 nitrogen and oxygen atoms in total. The molecule has 5 heteroatoms. The highest BCUT2D eigenvalue weighted by Crippen LogP contribution is 2.34. The number of rotatable bonds is 4. The molecule has 26 heavy (non-hydrogen) atoms. The first-order chi connectivity index (χ1) is 12.7. The fraction of sp³-hybridized carbons (Fsp3) is 0.333. The maximum atomic E-state index is 12.6. The number of amides is 1. The Morgan fingerprint density at radius 2 is 1.88 bits per heavy atom. The van der Waals surface area contributed by atoms with Gasteiger partial charge in [0.05, 0.1) is 21.0 Å². The Kier molecular flexibility index (Phi) is 5.27. The molecule has 134 valence electrons. The normalized spacial score (nSPS) is 15.5. The predicted octanol–water partition coefficient (Wildman–Crippen LogP) is 5.10. The number of fused-ring (bicyclic) bond motifs is 1. The molecule has 0 radical (unpaired) electrons. The van der Waals surface area contributed by atoms with Crippen molar-refractivity contribution >= 4 is 39.2 Å². The number of carbonyl (C=O) groups excluding carboxylic acids is 1. The van der Waals surface area contributed by atoms with Gasteiger partial charge in [-0.2, -0.15) is 0 Å². The van der Waals surface area contributed by atoms with Crippen molar-refractivity contribution in [3.63, 3.8) is 0 Å². The van der Waals surface area contributed by atoms with Crippen molar-refractivity contribution in [3.8, 4) is 0 Å². The van der Waals surface area contributed by atoms with Crippen LogP contribution in [0.4, 0.5) is 0 Å². The number of aromatic nitrogens is 1. The predicted molar refractivity (Wildman–Crippen MR) is 110 cm³/mol. The smallest absolute Gasteiger partial charge is 0.232 e. The van der Waals surface area contributed by atoms with E-state index in [2.05, 4.69) is 37.3 Å². The third-order valence-electron chi connectivity index (χ3n) is 4.95. The molecule has 1 aliphatic heterocycles. The number of piperidine rings is 1. The van der Waals surface area contributed by atoms with E-state index in [1.807, 2.05) is 23.1 Å². The SMILES string of the molecule is Cc1ccccc1SCC(=O)N1CCC(c2nc3ccccc3s2)CC1. The number of carbonyl (C=O) groups is 1. The minimum Gasteiger partial charge on any atom is -0.342 e. The second-order valence-corrected chi connectivity index (χ2v) is 8.81. The lowest BCUT2D eigenvalue weighted by Crippen LogP contribution is -2.38. The number of thiazole rings is 1. The largest absolute Gasteiger partial charge is 0.342 e. The lowest BCUT2D eigenvalue weighted by molar-refractivity contribution is -0.129. The molecular formula is C21H22N2OS2. The number of nitrogens with zero attached hydrogens (tertiary/aromatic N) is 2. The molecular weight excluding hydrogens is 360 g/mol. The maximum absolute atomic E-state index is 12.6. The van der Waals surface area contributed by atoms with Gasteiger partial charge in [-0.15, -0.1) is 23.1 Å². The summed E-state index contributed by atoms with van der Waals surface area (Å²) in [6, 6.07) is 16.6. The Morgan fingerprint density at radius 3 is 2.65 bits per heavy atom. The summed E-state index contributed by atoms with van der Waals surface area (Å²) in [6.07, 6.45) is 2.03. The van der Waals surface area contributed by atoms with Crippen LogP contribution in [0.25, 0.3) is 10.2 Å². The Labute approximate surface area is 162 Å². The van der Waals surface area contributed by atoms with Gasteiger partial charge in [-0.25, -0.2) is 4.98 Å². The van der Waals surface area contributed by atoms with Gasteiger partial charge >= 0.3 is 0 Å². The van der Waals surface area contributed by atoms with E-state index in [1.165, 1.54) is 20.2 Å². The summed E-state index contributed by atoms with van der Waals surface area (Å²) in [5, 5.41) is 1.23. The Bertz CT molecular complexity index is 880. The standard InChI is InChI=1S/C21H22N2OS2/c1-15-6-2-4-8-18(15)25-14-20(24)23-12-10-16(11-13-23)21-22-17-7-3-5-9-19(17)26-21/h2-9,16H,10-14H2,1H3. The van der Waals surface area contributed by atoms with Gasteiger partial charge in [0, 0.05) is 23.9 Å². The topological polar surface area (TPSA) is 33.2 Å². The van der Waals surface area contributed by atoms with E-state index in [-0.39, 0.29) is 5.91 Å². The van der Waals surface area contributed by atoms with Crippen LogP contribution in [0.3, 0.4) is 0 Å². The molecule has 0 saturated carbocycles. The molecule has 4 rings (SSSR count).